The lowest BCUT2D eigenvalue weighted by atomic mass is 9.82. The number of benzene rings is 1. The zero-order valence-corrected chi connectivity index (χ0v) is 13.1. The highest BCUT2D eigenvalue weighted by Crippen LogP contribution is 2.32. The monoisotopic (exact) mass is 336 g/mol. The standard InChI is InChI=1S/C15H19F3N2O.ClH/c1-14(7-4-8-19-10-14)13(21)20-9-11-5-2-3-6-12(11)15(16,17)18;/h2-3,5-6,19H,4,7-10H2,1H3,(H,20,21);1H. The smallest absolute Gasteiger partial charge is 0.351 e. The van der Waals surface area contributed by atoms with Crippen LogP contribution in [-0.2, 0) is 17.5 Å². The van der Waals surface area contributed by atoms with E-state index in [4.69, 9.17) is 0 Å². The summed E-state index contributed by atoms with van der Waals surface area (Å²) in [5, 5.41) is 5.79. The van der Waals surface area contributed by atoms with Crippen molar-refractivity contribution < 1.29 is 18.0 Å². The molecule has 1 saturated heterocycles. The van der Waals surface area contributed by atoms with Crippen LogP contribution in [-0.4, -0.2) is 19.0 Å². The molecule has 1 aliphatic rings. The SMILES string of the molecule is CC1(C(=O)NCc2ccccc2C(F)(F)F)CCCNC1.Cl. The van der Waals surface area contributed by atoms with Gasteiger partial charge in [-0.05, 0) is 37.9 Å². The third kappa shape index (κ3) is 4.36. The predicted octanol–water partition coefficient (Wildman–Crippen LogP) is 3.13. The van der Waals surface area contributed by atoms with Gasteiger partial charge in [-0.3, -0.25) is 4.79 Å². The molecular weight excluding hydrogens is 317 g/mol. The Hall–Kier alpha value is -1.27. The van der Waals surface area contributed by atoms with Gasteiger partial charge in [0.05, 0.1) is 11.0 Å². The first kappa shape index (κ1) is 18.8. The number of rotatable bonds is 3. The summed E-state index contributed by atoms with van der Waals surface area (Å²) < 4.78 is 38.6. The summed E-state index contributed by atoms with van der Waals surface area (Å²) in [5.74, 6) is -0.202. The Morgan fingerprint density at radius 3 is 2.64 bits per heavy atom. The number of amides is 1. The molecule has 1 fully saturated rings. The van der Waals surface area contributed by atoms with Gasteiger partial charge in [-0.25, -0.2) is 0 Å². The molecule has 0 aromatic heterocycles. The van der Waals surface area contributed by atoms with E-state index in [9.17, 15) is 18.0 Å². The zero-order chi connectivity index (χ0) is 15.5. The summed E-state index contributed by atoms with van der Waals surface area (Å²) in [6, 6.07) is 5.32. The lowest BCUT2D eigenvalue weighted by Crippen LogP contribution is -2.48. The highest BCUT2D eigenvalue weighted by atomic mass is 35.5. The van der Waals surface area contributed by atoms with E-state index in [1.54, 1.807) is 6.07 Å². The van der Waals surface area contributed by atoms with Crippen molar-refractivity contribution in [1.82, 2.24) is 10.6 Å². The maximum absolute atomic E-state index is 12.9. The third-order valence-electron chi connectivity index (χ3n) is 3.91. The largest absolute Gasteiger partial charge is 0.416 e. The third-order valence-corrected chi connectivity index (χ3v) is 3.91. The molecule has 1 aromatic rings. The highest BCUT2D eigenvalue weighted by molar-refractivity contribution is 5.85. The Labute approximate surface area is 134 Å². The van der Waals surface area contributed by atoms with Gasteiger partial charge in [0.1, 0.15) is 0 Å². The van der Waals surface area contributed by atoms with Crippen molar-refractivity contribution in [2.24, 2.45) is 5.41 Å². The van der Waals surface area contributed by atoms with Crippen molar-refractivity contribution in [2.75, 3.05) is 13.1 Å². The van der Waals surface area contributed by atoms with Gasteiger partial charge in [-0.15, -0.1) is 12.4 Å². The van der Waals surface area contributed by atoms with E-state index in [-0.39, 0.29) is 30.4 Å². The molecule has 1 aromatic carbocycles. The molecule has 1 amide bonds. The van der Waals surface area contributed by atoms with E-state index >= 15 is 0 Å². The molecule has 0 spiro atoms. The Morgan fingerprint density at radius 1 is 1.36 bits per heavy atom. The fourth-order valence-corrected chi connectivity index (χ4v) is 2.59. The first-order valence-corrected chi connectivity index (χ1v) is 6.97. The molecule has 0 aliphatic carbocycles. The molecule has 22 heavy (non-hydrogen) atoms. The van der Waals surface area contributed by atoms with E-state index in [1.165, 1.54) is 12.1 Å². The van der Waals surface area contributed by atoms with Crippen molar-refractivity contribution in [3.8, 4) is 0 Å². The minimum absolute atomic E-state index is 0. The first-order valence-electron chi connectivity index (χ1n) is 6.97. The number of halogens is 4. The molecule has 1 aliphatic heterocycles. The van der Waals surface area contributed by atoms with E-state index in [0.29, 0.717) is 6.54 Å². The lowest BCUT2D eigenvalue weighted by Gasteiger charge is -2.32. The second kappa shape index (κ2) is 7.33. The summed E-state index contributed by atoms with van der Waals surface area (Å²) in [5.41, 5.74) is -1.16. The highest BCUT2D eigenvalue weighted by Gasteiger charge is 2.36. The van der Waals surface area contributed by atoms with Crippen LogP contribution < -0.4 is 10.6 Å². The summed E-state index contributed by atoms with van der Waals surface area (Å²) in [7, 11) is 0. The average molecular weight is 337 g/mol. The van der Waals surface area contributed by atoms with Crippen LogP contribution in [0.2, 0.25) is 0 Å². The van der Waals surface area contributed by atoms with Crippen LogP contribution in [0.3, 0.4) is 0 Å². The van der Waals surface area contributed by atoms with Gasteiger partial charge in [-0.1, -0.05) is 18.2 Å². The molecule has 0 bridgehead atoms. The molecule has 124 valence electrons. The van der Waals surface area contributed by atoms with Gasteiger partial charge in [0.15, 0.2) is 0 Å². The first-order chi connectivity index (χ1) is 9.83. The molecule has 1 heterocycles. The molecular formula is C15H20ClF3N2O. The van der Waals surface area contributed by atoms with Crippen LogP contribution in [0.25, 0.3) is 0 Å². The van der Waals surface area contributed by atoms with Crippen molar-refractivity contribution in [3.63, 3.8) is 0 Å². The number of carbonyl (C=O) groups is 1. The second-order valence-electron chi connectivity index (χ2n) is 5.68. The normalized spacial score (nSPS) is 21.8. The van der Waals surface area contributed by atoms with Crippen LogP contribution in [0.5, 0.6) is 0 Å². The van der Waals surface area contributed by atoms with Crippen LogP contribution in [0, 0.1) is 5.41 Å². The summed E-state index contributed by atoms with van der Waals surface area (Å²) in [4.78, 5) is 12.2. The molecule has 3 nitrogen and oxygen atoms in total. The fraction of sp³-hybridized carbons (Fsp3) is 0.533. The predicted molar refractivity (Wildman–Crippen MR) is 80.7 cm³/mol. The Bertz CT molecular complexity index is 514. The van der Waals surface area contributed by atoms with Gasteiger partial charge in [-0.2, -0.15) is 13.2 Å². The van der Waals surface area contributed by atoms with Gasteiger partial charge >= 0.3 is 6.18 Å². The molecule has 7 heteroatoms. The molecule has 0 saturated carbocycles. The van der Waals surface area contributed by atoms with Gasteiger partial charge in [0.2, 0.25) is 5.91 Å². The fourth-order valence-electron chi connectivity index (χ4n) is 2.59. The van der Waals surface area contributed by atoms with Gasteiger partial charge in [0, 0.05) is 13.1 Å². The van der Waals surface area contributed by atoms with E-state index in [2.05, 4.69) is 10.6 Å². The topological polar surface area (TPSA) is 41.1 Å². The van der Waals surface area contributed by atoms with Crippen molar-refractivity contribution in [1.29, 1.82) is 0 Å². The number of piperidine rings is 1. The minimum atomic E-state index is -4.41. The van der Waals surface area contributed by atoms with E-state index in [0.717, 1.165) is 25.5 Å². The Morgan fingerprint density at radius 2 is 2.05 bits per heavy atom. The molecule has 1 unspecified atom stereocenters. The molecule has 1 atom stereocenters. The lowest BCUT2D eigenvalue weighted by molar-refractivity contribution is -0.139. The molecule has 2 rings (SSSR count). The van der Waals surface area contributed by atoms with Crippen molar-refractivity contribution in [3.05, 3.63) is 35.4 Å². The van der Waals surface area contributed by atoms with Gasteiger partial charge in [0.25, 0.3) is 0 Å². The van der Waals surface area contributed by atoms with E-state index < -0.39 is 17.2 Å². The van der Waals surface area contributed by atoms with Crippen molar-refractivity contribution in [2.45, 2.75) is 32.5 Å². The maximum atomic E-state index is 12.9. The summed E-state index contributed by atoms with van der Waals surface area (Å²) >= 11 is 0. The summed E-state index contributed by atoms with van der Waals surface area (Å²) in [6.45, 7) is 3.16. The van der Waals surface area contributed by atoms with Crippen LogP contribution in [0.4, 0.5) is 13.2 Å². The number of hydrogen-bond donors (Lipinski definition) is 2. The Kier molecular flexibility index (Phi) is 6.26. The second-order valence-corrected chi connectivity index (χ2v) is 5.68. The number of carbonyl (C=O) groups excluding carboxylic acids is 1. The van der Waals surface area contributed by atoms with Crippen LogP contribution >= 0.6 is 12.4 Å². The Balaban J connectivity index is 0.00000242. The van der Waals surface area contributed by atoms with Gasteiger partial charge < -0.3 is 10.6 Å². The quantitative estimate of drug-likeness (QED) is 0.890. The number of nitrogens with one attached hydrogen (secondary N) is 2. The number of hydrogen-bond acceptors (Lipinski definition) is 2. The average Bonchev–Trinajstić information content (AvgIpc) is 2.45. The summed E-state index contributed by atoms with van der Waals surface area (Å²) in [6.07, 6.45) is -2.77. The molecule has 0 radical (unpaired) electrons. The zero-order valence-electron chi connectivity index (χ0n) is 12.3. The van der Waals surface area contributed by atoms with E-state index in [1.807, 2.05) is 6.92 Å². The molecule has 2 N–H and O–H groups in total. The number of alkyl halides is 3. The van der Waals surface area contributed by atoms with Crippen LogP contribution in [0.15, 0.2) is 24.3 Å². The van der Waals surface area contributed by atoms with Crippen molar-refractivity contribution >= 4 is 18.3 Å². The van der Waals surface area contributed by atoms with Crippen LogP contribution in [0.1, 0.15) is 30.9 Å². The minimum Gasteiger partial charge on any atom is -0.351 e. The maximum Gasteiger partial charge on any atom is 0.416 e.